The first-order valence-electron chi connectivity index (χ1n) is 9.45. The zero-order valence-electron chi connectivity index (χ0n) is 16.6. The minimum Gasteiger partial charge on any atom is -0.383 e. The number of guanidine groups is 1. The van der Waals surface area contributed by atoms with Gasteiger partial charge in [0, 0.05) is 19.7 Å². The molecule has 27 heavy (non-hydrogen) atoms. The number of ether oxygens (including phenoxy) is 2. The van der Waals surface area contributed by atoms with E-state index in [-0.39, 0.29) is 6.04 Å². The second-order valence-electron chi connectivity index (χ2n) is 6.44. The normalized spacial score (nSPS) is 12.6. The third-order valence-electron chi connectivity index (χ3n) is 4.04. The van der Waals surface area contributed by atoms with E-state index in [0.717, 1.165) is 18.1 Å². The van der Waals surface area contributed by atoms with E-state index < -0.39 is 0 Å². The average Bonchev–Trinajstić information content (AvgIpc) is 2.68. The largest absolute Gasteiger partial charge is 0.383 e. The van der Waals surface area contributed by atoms with Gasteiger partial charge in [-0.25, -0.2) is 4.99 Å². The van der Waals surface area contributed by atoms with Crippen molar-refractivity contribution in [3.8, 4) is 0 Å². The SMILES string of the molecule is CCNC(=NCc1ccccc1COCc1ccccc1)NC(C)COC. The third kappa shape index (κ3) is 7.81. The van der Waals surface area contributed by atoms with Gasteiger partial charge in [0.15, 0.2) is 5.96 Å². The van der Waals surface area contributed by atoms with Gasteiger partial charge in [-0.05, 0) is 30.5 Å². The Morgan fingerprint density at radius 2 is 1.70 bits per heavy atom. The number of methoxy groups -OCH3 is 1. The Kier molecular flexibility index (Phi) is 9.38. The van der Waals surface area contributed by atoms with Gasteiger partial charge in [0.2, 0.25) is 0 Å². The lowest BCUT2D eigenvalue weighted by molar-refractivity contribution is 0.106. The molecule has 2 aromatic carbocycles. The second kappa shape index (κ2) is 12.1. The Bertz CT molecular complexity index is 689. The Balaban J connectivity index is 1.96. The van der Waals surface area contributed by atoms with Crippen LogP contribution in [0.4, 0.5) is 0 Å². The number of nitrogens with zero attached hydrogens (tertiary/aromatic N) is 1. The van der Waals surface area contributed by atoms with Crippen molar-refractivity contribution in [2.24, 2.45) is 4.99 Å². The van der Waals surface area contributed by atoms with Crippen LogP contribution in [0.15, 0.2) is 59.6 Å². The third-order valence-corrected chi connectivity index (χ3v) is 4.04. The summed E-state index contributed by atoms with van der Waals surface area (Å²) in [4.78, 5) is 4.72. The summed E-state index contributed by atoms with van der Waals surface area (Å²) < 4.78 is 11.1. The molecule has 146 valence electrons. The number of aliphatic imine (C=N–C) groups is 1. The van der Waals surface area contributed by atoms with Gasteiger partial charge < -0.3 is 20.1 Å². The molecule has 0 amide bonds. The van der Waals surface area contributed by atoms with Crippen LogP contribution in [0.2, 0.25) is 0 Å². The number of rotatable bonds is 10. The van der Waals surface area contributed by atoms with E-state index in [9.17, 15) is 0 Å². The quantitative estimate of drug-likeness (QED) is 0.497. The summed E-state index contributed by atoms with van der Waals surface area (Å²) >= 11 is 0. The van der Waals surface area contributed by atoms with Crippen molar-refractivity contribution in [3.05, 3.63) is 71.3 Å². The van der Waals surface area contributed by atoms with Crippen molar-refractivity contribution in [1.82, 2.24) is 10.6 Å². The van der Waals surface area contributed by atoms with Crippen LogP contribution >= 0.6 is 0 Å². The van der Waals surface area contributed by atoms with Crippen molar-refractivity contribution in [2.45, 2.75) is 39.6 Å². The molecule has 0 spiro atoms. The molecule has 2 N–H and O–H groups in total. The predicted molar refractivity (Wildman–Crippen MR) is 111 cm³/mol. The van der Waals surface area contributed by atoms with Gasteiger partial charge in [0.1, 0.15) is 0 Å². The standard InChI is InChI=1S/C22H31N3O2/c1-4-23-22(25-18(2)15-26-3)24-14-20-12-8-9-13-21(20)17-27-16-19-10-6-5-7-11-19/h5-13,18H,4,14-17H2,1-3H3,(H2,23,24,25). The maximum absolute atomic E-state index is 5.90. The van der Waals surface area contributed by atoms with Crippen molar-refractivity contribution in [2.75, 3.05) is 20.3 Å². The Morgan fingerprint density at radius 1 is 1.00 bits per heavy atom. The fraction of sp³-hybridized carbons (Fsp3) is 0.409. The lowest BCUT2D eigenvalue weighted by Gasteiger charge is -2.17. The first-order chi connectivity index (χ1) is 13.2. The molecule has 0 aliphatic carbocycles. The van der Waals surface area contributed by atoms with Crippen LogP contribution in [0.5, 0.6) is 0 Å². The predicted octanol–water partition coefficient (Wildman–Crippen LogP) is 3.49. The Labute approximate surface area is 162 Å². The smallest absolute Gasteiger partial charge is 0.191 e. The highest BCUT2D eigenvalue weighted by molar-refractivity contribution is 5.80. The van der Waals surface area contributed by atoms with Crippen LogP contribution in [0.3, 0.4) is 0 Å². The van der Waals surface area contributed by atoms with Crippen molar-refractivity contribution >= 4 is 5.96 Å². The van der Waals surface area contributed by atoms with Gasteiger partial charge >= 0.3 is 0 Å². The van der Waals surface area contributed by atoms with Crippen molar-refractivity contribution < 1.29 is 9.47 Å². The first kappa shape index (κ1) is 20.9. The average molecular weight is 370 g/mol. The minimum atomic E-state index is 0.192. The van der Waals surface area contributed by atoms with E-state index >= 15 is 0 Å². The number of hydrogen-bond donors (Lipinski definition) is 2. The molecule has 0 saturated carbocycles. The molecule has 0 saturated heterocycles. The molecule has 5 heteroatoms. The fourth-order valence-corrected chi connectivity index (χ4v) is 2.71. The van der Waals surface area contributed by atoms with Crippen LogP contribution < -0.4 is 10.6 Å². The molecule has 0 aromatic heterocycles. The summed E-state index contributed by atoms with van der Waals surface area (Å²) in [5, 5.41) is 6.63. The summed E-state index contributed by atoms with van der Waals surface area (Å²) in [6.45, 7) is 7.36. The van der Waals surface area contributed by atoms with Gasteiger partial charge in [0.25, 0.3) is 0 Å². The van der Waals surface area contributed by atoms with Crippen LogP contribution in [0.25, 0.3) is 0 Å². The molecule has 0 aliphatic rings. The van der Waals surface area contributed by atoms with Gasteiger partial charge in [-0.15, -0.1) is 0 Å². The molecular weight excluding hydrogens is 338 g/mol. The van der Waals surface area contributed by atoms with Crippen LogP contribution in [0, 0.1) is 0 Å². The second-order valence-corrected chi connectivity index (χ2v) is 6.44. The first-order valence-corrected chi connectivity index (χ1v) is 9.45. The van der Waals surface area contributed by atoms with Gasteiger partial charge in [-0.3, -0.25) is 0 Å². The van der Waals surface area contributed by atoms with E-state index in [1.165, 1.54) is 11.1 Å². The molecule has 2 rings (SSSR count). The molecule has 0 radical (unpaired) electrons. The maximum atomic E-state index is 5.90. The molecule has 1 atom stereocenters. The summed E-state index contributed by atoms with van der Waals surface area (Å²) in [5.41, 5.74) is 3.51. The molecule has 5 nitrogen and oxygen atoms in total. The number of nitrogens with one attached hydrogen (secondary N) is 2. The van der Waals surface area contributed by atoms with Gasteiger partial charge in [-0.2, -0.15) is 0 Å². The van der Waals surface area contributed by atoms with E-state index in [1.54, 1.807) is 7.11 Å². The highest BCUT2D eigenvalue weighted by Crippen LogP contribution is 2.13. The fourth-order valence-electron chi connectivity index (χ4n) is 2.71. The molecular formula is C22H31N3O2. The summed E-state index contributed by atoms with van der Waals surface area (Å²) in [6.07, 6.45) is 0. The van der Waals surface area contributed by atoms with Gasteiger partial charge in [0.05, 0.1) is 26.4 Å². The molecule has 0 bridgehead atoms. The zero-order valence-corrected chi connectivity index (χ0v) is 16.6. The summed E-state index contributed by atoms with van der Waals surface area (Å²) in [5.74, 6) is 0.794. The van der Waals surface area contributed by atoms with Crippen LogP contribution in [0.1, 0.15) is 30.5 Å². The topological polar surface area (TPSA) is 54.9 Å². The molecule has 2 aromatic rings. The molecule has 0 aliphatic heterocycles. The molecule has 0 fully saturated rings. The lowest BCUT2D eigenvalue weighted by atomic mass is 10.1. The van der Waals surface area contributed by atoms with Crippen molar-refractivity contribution in [3.63, 3.8) is 0 Å². The van der Waals surface area contributed by atoms with E-state index in [0.29, 0.717) is 26.4 Å². The van der Waals surface area contributed by atoms with Gasteiger partial charge in [-0.1, -0.05) is 54.6 Å². The molecule has 0 heterocycles. The number of benzene rings is 2. The Hall–Kier alpha value is -2.37. The van der Waals surface area contributed by atoms with E-state index in [1.807, 2.05) is 30.3 Å². The van der Waals surface area contributed by atoms with Crippen LogP contribution in [-0.4, -0.2) is 32.3 Å². The Morgan fingerprint density at radius 3 is 2.41 bits per heavy atom. The van der Waals surface area contributed by atoms with Crippen molar-refractivity contribution in [1.29, 1.82) is 0 Å². The highest BCUT2D eigenvalue weighted by Gasteiger charge is 2.06. The summed E-state index contributed by atoms with van der Waals surface area (Å²) in [6, 6.07) is 18.7. The highest BCUT2D eigenvalue weighted by atomic mass is 16.5. The molecule has 1 unspecified atom stereocenters. The maximum Gasteiger partial charge on any atom is 0.191 e. The monoisotopic (exact) mass is 369 g/mol. The lowest BCUT2D eigenvalue weighted by Crippen LogP contribution is -2.43. The van der Waals surface area contributed by atoms with E-state index in [4.69, 9.17) is 14.5 Å². The van der Waals surface area contributed by atoms with E-state index in [2.05, 4.69) is 48.7 Å². The van der Waals surface area contributed by atoms with Crippen LogP contribution in [-0.2, 0) is 29.2 Å². The zero-order chi connectivity index (χ0) is 19.3. The number of hydrogen-bond acceptors (Lipinski definition) is 3. The summed E-state index contributed by atoms with van der Waals surface area (Å²) in [7, 11) is 1.70. The minimum absolute atomic E-state index is 0.192.